The smallest absolute Gasteiger partial charge is 0.248 e. The number of morpholine rings is 1. The zero-order valence-corrected chi connectivity index (χ0v) is 13.8. The molecule has 0 N–H and O–H groups in total. The Morgan fingerprint density at radius 3 is 2.70 bits per heavy atom. The standard InChI is InChI=1S/C16H24N4O3/c1-13-10-17-19(11-13)12-14(21)20-5-3-4-16(20,2)15(22)18-6-8-23-9-7-18/h10-11H,3-9,12H2,1-2H3/t16-/m1/s1. The molecule has 1 aromatic rings. The maximum Gasteiger partial charge on any atom is 0.248 e. The van der Waals surface area contributed by atoms with Crippen LogP contribution in [0.25, 0.3) is 0 Å². The molecule has 0 radical (unpaired) electrons. The predicted octanol–water partition coefficient (Wildman–Crippen LogP) is 0.431. The number of hydrogen-bond acceptors (Lipinski definition) is 4. The third-order valence-corrected chi connectivity index (χ3v) is 4.76. The molecular formula is C16H24N4O3. The number of aryl methyl sites for hydroxylation is 1. The van der Waals surface area contributed by atoms with Gasteiger partial charge in [0, 0.05) is 25.8 Å². The molecule has 0 bridgehead atoms. The number of nitrogens with zero attached hydrogens (tertiary/aromatic N) is 4. The Bertz CT molecular complexity index is 594. The van der Waals surface area contributed by atoms with Crippen LogP contribution in [-0.2, 0) is 20.9 Å². The van der Waals surface area contributed by atoms with Crippen LogP contribution in [0.15, 0.2) is 12.4 Å². The lowest BCUT2D eigenvalue weighted by Gasteiger charge is -2.39. The molecule has 0 aromatic carbocycles. The highest BCUT2D eigenvalue weighted by Gasteiger charge is 2.47. The van der Waals surface area contributed by atoms with Gasteiger partial charge in [0.1, 0.15) is 12.1 Å². The molecule has 0 saturated carbocycles. The highest BCUT2D eigenvalue weighted by atomic mass is 16.5. The van der Waals surface area contributed by atoms with Crippen molar-refractivity contribution in [3.8, 4) is 0 Å². The average molecular weight is 320 g/mol. The maximum absolute atomic E-state index is 12.9. The summed E-state index contributed by atoms with van der Waals surface area (Å²) in [5.41, 5.74) is 0.280. The molecule has 7 heteroatoms. The lowest BCUT2D eigenvalue weighted by Crippen LogP contribution is -2.58. The van der Waals surface area contributed by atoms with E-state index >= 15 is 0 Å². The monoisotopic (exact) mass is 320 g/mol. The second-order valence-electron chi connectivity index (χ2n) is 6.54. The van der Waals surface area contributed by atoms with E-state index in [4.69, 9.17) is 4.74 Å². The van der Waals surface area contributed by atoms with Crippen LogP contribution in [0.3, 0.4) is 0 Å². The zero-order valence-electron chi connectivity index (χ0n) is 13.8. The number of likely N-dealkylation sites (tertiary alicyclic amines) is 1. The van der Waals surface area contributed by atoms with Gasteiger partial charge in [-0.15, -0.1) is 0 Å². The van der Waals surface area contributed by atoms with Crippen molar-refractivity contribution in [1.29, 1.82) is 0 Å². The van der Waals surface area contributed by atoms with Crippen LogP contribution in [-0.4, -0.2) is 69.8 Å². The predicted molar refractivity (Wildman–Crippen MR) is 83.7 cm³/mol. The molecule has 1 atom stereocenters. The average Bonchev–Trinajstić information content (AvgIpc) is 3.14. The lowest BCUT2D eigenvalue weighted by atomic mass is 9.96. The van der Waals surface area contributed by atoms with Crippen LogP contribution in [0.5, 0.6) is 0 Å². The first kappa shape index (κ1) is 16.0. The Labute approximate surface area is 136 Å². The SMILES string of the molecule is Cc1cnn(CC(=O)N2CCC[C@]2(C)C(=O)N2CCOCC2)c1. The molecule has 2 saturated heterocycles. The van der Waals surface area contributed by atoms with E-state index in [1.54, 1.807) is 15.8 Å². The van der Waals surface area contributed by atoms with Crippen LogP contribution in [0.2, 0.25) is 0 Å². The first-order valence-corrected chi connectivity index (χ1v) is 8.17. The van der Waals surface area contributed by atoms with Gasteiger partial charge >= 0.3 is 0 Å². The largest absolute Gasteiger partial charge is 0.378 e. The van der Waals surface area contributed by atoms with Gasteiger partial charge in [-0.2, -0.15) is 5.10 Å². The van der Waals surface area contributed by atoms with Crippen molar-refractivity contribution < 1.29 is 14.3 Å². The summed E-state index contributed by atoms with van der Waals surface area (Å²) in [6.45, 7) is 7.00. The molecule has 3 rings (SSSR count). The summed E-state index contributed by atoms with van der Waals surface area (Å²) in [4.78, 5) is 29.2. The van der Waals surface area contributed by atoms with Crippen LogP contribution >= 0.6 is 0 Å². The van der Waals surface area contributed by atoms with Crippen LogP contribution in [0, 0.1) is 6.92 Å². The van der Waals surface area contributed by atoms with E-state index in [1.165, 1.54) is 0 Å². The number of rotatable bonds is 3. The van der Waals surface area contributed by atoms with Gasteiger partial charge in [-0.05, 0) is 32.3 Å². The Morgan fingerprint density at radius 2 is 2.04 bits per heavy atom. The number of hydrogen-bond donors (Lipinski definition) is 0. The van der Waals surface area contributed by atoms with E-state index in [9.17, 15) is 9.59 Å². The first-order valence-electron chi connectivity index (χ1n) is 8.17. The van der Waals surface area contributed by atoms with Gasteiger partial charge < -0.3 is 14.5 Å². The van der Waals surface area contributed by atoms with Crippen molar-refractivity contribution in [1.82, 2.24) is 19.6 Å². The van der Waals surface area contributed by atoms with Crippen molar-refractivity contribution in [3.05, 3.63) is 18.0 Å². The molecule has 2 aliphatic rings. The fourth-order valence-corrected chi connectivity index (χ4v) is 3.47. The maximum atomic E-state index is 12.9. The molecule has 0 unspecified atom stereocenters. The summed E-state index contributed by atoms with van der Waals surface area (Å²) in [7, 11) is 0. The minimum atomic E-state index is -0.739. The van der Waals surface area contributed by atoms with Crippen molar-refractivity contribution in [2.45, 2.75) is 38.8 Å². The molecule has 7 nitrogen and oxygen atoms in total. The Kier molecular flexibility index (Phi) is 4.39. The van der Waals surface area contributed by atoms with E-state index in [1.807, 2.05) is 24.9 Å². The van der Waals surface area contributed by atoms with E-state index in [-0.39, 0.29) is 18.4 Å². The Balaban J connectivity index is 1.72. The molecule has 23 heavy (non-hydrogen) atoms. The second-order valence-corrected chi connectivity index (χ2v) is 6.54. The van der Waals surface area contributed by atoms with E-state index < -0.39 is 5.54 Å². The van der Waals surface area contributed by atoms with Gasteiger partial charge in [-0.3, -0.25) is 14.3 Å². The molecule has 126 valence electrons. The van der Waals surface area contributed by atoms with Crippen molar-refractivity contribution in [2.24, 2.45) is 0 Å². The molecule has 0 aliphatic carbocycles. The quantitative estimate of drug-likeness (QED) is 0.810. The van der Waals surface area contributed by atoms with Gasteiger partial charge in [0.25, 0.3) is 0 Å². The van der Waals surface area contributed by atoms with Crippen LogP contribution in [0.1, 0.15) is 25.3 Å². The van der Waals surface area contributed by atoms with E-state index in [0.29, 0.717) is 39.3 Å². The zero-order chi connectivity index (χ0) is 16.4. The second kappa shape index (κ2) is 6.31. The minimum Gasteiger partial charge on any atom is -0.378 e. The number of amides is 2. The third kappa shape index (κ3) is 3.10. The van der Waals surface area contributed by atoms with Gasteiger partial charge in [0.05, 0.1) is 19.4 Å². The number of carbonyl (C=O) groups is 2. The summed E-state index contributed by atoms with van der Waals surface area (Å²) >= 11 is 0. The fourth-order valence-electron chi connectivity index (χ4n) is 3.47. The van der Waals surface area contributed by atoms with Crippen LogP contribution in [0.4, 0.5) is 0 Å². The molecule has 2 amide bonds. The van der Waals surface area contributed by atoms with E-state index in [0.717, 1.165) is 12.0 Å². The molecule has 3 heterocycles. The third-order valence-electron chi connectivity index (χ3n) is 4.76. The summed E-state index contributed by atoms with van der Waals surface area (Å²) < 4.78 is 6.95. The van der Waals surface area contributed by atoms with E-state index in [2.05, 4.69) is 5.10 Å². The number of aromatic nitrogens is 2. The summed E-state index contributed by atoms with van der Waals surface area (Å²) in [6, 6.07) is 0. The lowest BCUT2D eigenvalue weighted by molar-refractivity contribution is -0.153. The fraction of sp³-hybridized carbons (Fsp3) is 0.688. The van der Waals surface area contributed by atoms with Gasteiger partial charge in [0.15, 0.2) is 0 Å². The molecule has 2 aliphatic heterocycles. The highest BCUT2D eigenvalue weighted by Crippen LogP contribution is 2.31. The van der Waals surface area contributed by atoms with Gasteiger partial charge in [0.2, 0.25) is 11.8 Å². The minimum absolute atomic E-state index is 0.0447. The summed E-state index contributed by atoms with van der Waals surface area (Å²) in [5.74, 6) is -0.00185. The molecule has 0 spiro atoms. The summed E-state index contributed by atoms with van der Waals surface area (Å²) in [5, 5.41) is 4.17. The number of carbonyl (C=O) groups excluding carboxylic acids is 2. The Morgan fingerprint density at radius 1 is 1.30 bits per heavy atom. The van der Waals surface area contributed by atoms with Gasteiger partial charge in [-0.1, -0.05) is 0 Å². The normalized spacial score (nSPS) is 25.0. The Hall–Kier alpha value is -1.89. The highest BCUT2D eigenvalue weighted by molar-refractivity contribution is 5.91. The molecular weight excluding hydrogens is 296 g/mol. The summed E-state index contributed by atoms with van der Waals surface area (Å²) in [6.07, 6.45) is 5.15. The number of ether oxygens (including phenoxy) is 1. The van der Waals surface area contributed by atoms with Crippen molar-refractivity contribution in [3.63, 3.8) is 0 Å². The van der Waals surface area contributed by atoms with Crippen molar-refractivity contribution >= 4 is 11.8 Å². The van der Waals surface area contributed by atoms with Gasteiger partial charge in [-0.25, -0.2) is 0 Å². The van der Waals surface area contributed by atoms with Crippen molar-refractivity contribution in [2.75, 3.05) is 32.8 Å². The first-order chi connectivity index (χ1) is 11.0. The molecule has 2 fully saturated rings. The molecule has 1 aromatic heterocycles. The topological polar surface area (TPSA) is 67.7 Å². The van der Waals surface area contributed by atoms with Crippen LogP contribution < -0.4 is 0 Å².